The summed E-state index contributed by atoms with van der Waals surface area (Å²) in [5.74, 6) is -0.118. The molecule has 4 heteroatoms. The zero-order valence-electron chi connectivity index (χ0n) is 7.56. The van der Waals surface area contributed by atoms with E-state index in [4.69, 9.17) is 34.8 Å². The van der Waals surface area contributed by atoms with E-state index in [1.54, 1.807) is 12.1 Å². The molecule has 1 aromatic carbocycles. The summed E-state index contributed by atoms with van der Waals surface area (Å²) in [4.78, 5) is 11.6. The highest BCUT2D eigenvalue weighted by atomic mass is 35.5. The fraction of sp³-hybridized carbons (Fsp3) is 0.300. The molecule has 0 fully saturated rings. The number of alkyl halides is 1. The van der Waals surface area contributed by atoms with Crippen LogP contribution in [0, 0.1) is 0 Å². The molecule has 0 heterocycles. The van der Waals surface area contributed by atoms with Crippen molar-refractivity contribution >= 4 is 40.6 Å². The topological polar surface area (TPSA) is 17.1 Å². The molecule has 0 spiro atoms. The second-order valence-electron chi connectivity index (χ2n) is 2.87. The maximum absolute atomic E-state index is 11.6. The molecule has 76 valence electrons. The summed E-state index contributed by atoms with van der Waals surface area (Å²) < 4.78 is 0. The van der Waals surface area contributed by atoms with Crippen LogP contribution in [0.3, 0.4) is 0 Å². The summed E-state index contributed by atoms with van der Waals surface area (Å²) in [6, 6.07) is 4.76. The van der Waals surface area contributed by atoms with Gasteiger partial charge in [-0.3, -0.25) is 4.79 Å². The summed E-state index contributed by atoms with van der Waals surface area (Å²) in [5, 5.41) is 0.315. The van der Waals surface area contributed by atoms with Gasteiger partial charge in [0.2, 0.25) is 0 Å². The molecule has 0 radical (unpaired) electrons. The van der Waals surface area contributed by atoms with Crippen LogP contribution < -0.4 is 0 Å². The molecular weight excluding hydrogens is 242 g/mol. The minimum absolute atomic E-state index is 0.118. The van der Waals surface area contributed by atoms with Crippen molar-refractivity contribution in [1.29, 1.82) is 0 Å². The van der Waals surface area contributed by atoms with Crippen molar-refractivity contribution in [2.24, 2.45) is 0 Å². The molecule has 1 nitrogen and oxygen atoms in total. The van der Waals surface area contributed by atoms with Crippen LogP contribution in [0.4, 0.5) is 0 Å². The van der Waals surface area contributed by atoms with E-state index < -0.39 is 5.38 Å². The third kappa shape index (κ3) is 2.63. The largest absolute Gasteiger partial charge is 0.293 e. The van der Waals surface area contributed by atoms with Crippen molar-refractivity contribution in [3.05, 3.63) is 33.8 Å². The maximum Gasteiger partial charge on any atom is 0.180 e. The van der Waals surface area contributed by atoms with Gasteiger partial charge in [0.25, 0.3) is 0 Å². The van der Waals surface area contributed by atoms with E-state index in [9.17, 15) is 4.79 Å². The number of carbonyl (C=O) groups is 1. The minimum Gasteiger partial charge on any atom is -0.293 e. The molecule has 0 aliphatic heterocycles. The van der Waals surface area contributed by atoms with E-state index >= 15 is 0 Å². The van der Waals surface area contributed by atoms with Gasteiger partial charge in [-0.15, -0.1) is 11.6 Å². The number of halogens is 3. The smallest absolute Gasteiger partial charge is 0.180 e. The SMILES string of the molecule is CCC(Cl)C(=O)c1ccc(Cl)c(Cl)c1. The number of benzene rings is 1. The third-order valence-corrected chi connectivity index (χ3v) is 3.09. The summed E-state index contributed by atoms with van der Waals surface area (Å²) in [7, 11) is 0. The molecule has 0 amide bonds. The van der Waals surface area contributed by atoms with Gasteiger partial charge in [0.15, 0.2) is 5.78 Å². The number of ketones is 1. The van der Waals surface area contributed by atoms with E-state index in [1.165, 1.54) is 6.07 Å². The van der Waals surface area contributed by atoms with Crippen LogP contribution in [0.25, 0.3) is 0 Å². The van der Waals surface area contributed by atoms with Crippen LogP contribution in [0.2, 0.25) is 10.0 Å². The van der Waals surface area contributed by atoms with E-state index in [2.05, 4.69) is 0 Å². The van der Waals surface area contributed by atoms with Crippen LogP contribution >= 0.6 is 34.8 Å². The highest BCUT2D eigenvalue weighted by molar-refractivity contribution is 6.42. The van der Waals surface area contributed by atoms with Crippen LogP contribution in [0.1, 0.15) is 23.7 Å². The Hall–Kier alpha value is -0.240. The number of carbonyl (C=O) groups excluding carboxylic acids is 1. The number of hydrogen-bond acceptors (Lipinski definition) is 1. The van der Waals surface area contributed by atoms with Crippen molar-refractivity contribution in [2.45, 2.75) is 18.7 Å². The first kappa shape index (κ1) is 11.8. The fourth-order valence-corrected chi connectivity index (χ4v) is 1.44. The van der Waals surface area contributed by atoms with Crippen LogP contribution in [0.5, 0.6) is 0 Å². The Morgan fingerprint density at radius 3 is 2.50 bits per heavy atom. The van der Waals surface area contributed by atoms with Gasteiger partial charge in [0.1, 0.15) is 0 Å². The average molecular weight is 252 g/mol. The van der Waals surface area contributed by atoms with Crippen LogP contribution in [0.15, 0.2) is 18.2 Å². The molecule has 0 aliphatic rings. The first-order chi connectivity index (χ1) is 6.56. The van der Waals surface area contributed by atoms with E-state index in [-0.39, 0.29) is 5.78 Å². The lowest BCUT2D eigenvalue weighted by Gasteiger charge is -2.06. The predicted octanol–water partition coefficient (Wildman–Crippen LogP) is 4.19. The van der Waals surface area contributed by atoms with Gasteiger partial charge in [-0.1, -0.05) is 30.1 Å². The molecule has 0 bridgehead atoms. The number of Topliss-reactive ketones (excluding diaryl/α,β-unsaturated/α-hetero) is 1. The molecule has 1 unspecified atom stereocenters. The maximum atomic E-state index is 11.6. The summed E-state index contributed by atoms with van der Waals surface area (Å²) in [6.07, 6.45) is 0.598. The standard InChI is InChI=1S/C10H9Cl3O/c1-2-7(11)10(14)6-3-4-8(12)9(13)5-6/h3-5,7H,2H2,1H3. The van der Waals surface area contributed by atoms with Gasteiger partial charge >= 0.3 is 0 Å². The molecule has 1 aromatic rings. The zero-order valence-corrected chi connectivity index (χ0v) is 9.83. The predicted molar refractivity (Wildman–Crippen MR) is 60.7 cm³/mol. The Balaban J connectivity index is 2.97. The van der Waals surface area contributed by atoms with Crippen LogP contribution in [-0.4, -0.2) is 11.2 Å². The van der Waals surface area contributed by atoms with Crippen molar-refractivity contribution < 1.29 is 4.79 Å². The second-order valence-corrected chi connectivity index (χ2v) is 4.21. The van der Waals surface area contributed by atoms with E-state index in [0.29, 0.717) is 22.0 Å². The van der Waals surface area contributed by atoms with Gasteiger partial charge in [-0.25, -0.2) is 0 Å². The Labute approximate surface area is 98.0 Å². The highest BCUT2D eigenvalue weighted by Gasteiger charge is 2.15. The molecule has 0 aromatic heterocycles. The molecule has 0 saturated carbocycles. The molecule has 0 aliphatic carbocycles. The monoisotopic (exact) mass is 250 g/mol. The molecule has 1 atom stereocenters. The van der Waals surface area contributed by atoms with Gasteiger partial charge in [-0.05, 0) is 24.6 Å². The lowest BCUT2D eigenvalue weighted by molar-refractivity contribution is 0.0985. The highest BCUT2D eigenvalue weighted by Crippen LogP contribution is 2.24. The third-order valence-electron chi connectivity index (χ3n) is 1.85. The number of rotatable bonds is 3. The zero-order chi connectivity index (χ0) is 10.7. The van der Waals surface area contributed by atoms with Gasteiger partial charge in [-0.2, -0.15) is 0 Å². The molecule has 14 heavy (non-hydrogen) atoms. The van der Waals surface area contributed by atoms with Crippen molar-refractivity contribution in [1.82, 2.24) is 0 Å². The quantitative estimate of drug-likeness (QED) is 0.581. The van der Waals surface area contributed by atoms with Crippen LogP contribution in [-0.2, 0) is 0 Å². The Kier molecular flexibility index (Phi) is 4.24. The summed E-state index contributed by atoms with van der Waals surface area (Å²) in [5.41, 5.74) is 0.501. The van der Waals surface area contributed by atoms with Crippen molar-refractivity contribution in [3.63, 3.8) is 0 Å². The molecular formula is C10H9Cl3O. The molecule has 0 N–H and O–H groups in total. The Bertz CT molecular complexity index is 349. The Morgan fingerprint density at radius 2 is 2.00 bits per heavy atom. The van der Waals surface area contributed by atoms with Gasteiger partial charge < -0.3 is 0 Å². The van der Waals surface area contributed by atoms with Gasteiger partial charge in [0.05, 0.1) is 15.4 Å². The summed E-state index contributed by atoms with van der Waals surface area (Å²) >= 11 is 17.3. The van der Waals surface area contributed by atoms with E-state index in [0.717, 1.165) is 0 Å². The first-order valence-corrected chi connectivity index (χ1v) is 5.38. The molecule has 0 saturated heterocycles. The van der Waals surface area contributed by atoms with Gasteiger partial charge in [0, 0.05) is 5.56 Å². The number of hydrogen-bond donors (Lipinski definition) is 0. The first-order valence-electron chi connectivity index (χ1n) is 4.19. The Morgan fingerprint density at radius 1 is 1.36 bits per heavy atom. The summed E-state index contributed by atoms with van der Waals surface area (Å²) in [6.45, 7) is 1.85. The fourth-order valence-electron chi connectivity index (χ4n) is 1.02. The lowest BCUT2D eigenvalue weighted by atomic mass is 10.1. The average Bonchev–Trinajstić information content (AvgIpc) is 2.20. The minimum atomic E-state index is -0.493. The molecule has 1 rings (SSSR count). The lowest BCUT2D eigenvalue weighted by Crippen LogP contribution is -2.13. The van der Waals surface area contributed by atoms with Crippen molar-refractivity contribution in [2.75, 3.05) is 0 Å². The second kappa shape index (κ2) is 5.01. The van der Waals surface area contributed by atoms with Crippen molar-refractivity contribution in [3.8, 4) is 0 Å². The normalized spacial score (nSPS) is 12.6. The van der Waals surface area contributed by atoms with E-state index in [1.807, 2.05) is 6.92 Å².